The zero-order valence-electron chi connectivity index (χ0n) is 15.2. The smallest absolute Gasteiger partial charge is 0.414 e. The lowest BCUT2D eigenvalue weighted by Crippen LogP contribution is -2.39. The lowest BCUT2D eigenvalue weighted by molar-refractivity contribution is -0.119. The number of anilines is 2. The van der Waals surface area contributed by atoms with Gasteiger partial charge < -0.3 is 15.0 Å². The first-order chi connectivity index (χ1) is 13.4. The number of nitrogens with one attached hydrogen (secondary N) is 1. The Balaban J connectivity index is 1.76. The highest BCUT2D eigenvalue weighted by Gasteiger charge is 2.33. The number of benzene rings is 1. The van der Waals surface area contributed by atoms with Gasteiger partial charge in [0.1, 0.15) is 18.1 Å². The third-order valence-corrected chi connectivity index (χ3v) is 4.28. The van der Waals surface area contributed by atoms with Gasteiger partial charge in [-0.05, 0) is 0 Å². The minimum absolute atomic E-state index is 0.0389. The number of hydrazone groups is 1. The van der Waals surface area contributed by atoms with Gasteiger partial charge in [0.15, 0.2) is 11.6 Å². The van der Waals surface area contributed by atoms with Crippen LogP contribution in [-0.4, -0.2) is 62.2 Å². The molecule has 28 heavy (non-hydrogen) atoms. The molecule has 0 saturated carbocycles. The molecule has 1 unspecified atom stereocenters. The number of hydrogen-bond donors (Lipinski definition) is 1. The Morgan fingerprint density at radius 3 is 2.68 bits per heavy atom. The maximum Gasteiger partial charge on any atom is 0.414 e. The predicted octanol–water partition coefficient (Wildman–Crippen LogP) is 1.12. The molecule has 10 heteroatoms. The second-order valence-electron chi connectivity index (χ2n) is 6.33. The van der Waals surface area contributed by atoms with Crippen molar-refractivity contribution in [2.75, 3.05) is 42.5 Å². The monoisotopic (exact) mass is 391 g/mol. The van der Waals surface area contributed by atoms with E-state index in [4.69, 9.17) is 11.2 Å². The van der Waals surface area contributed by atoms with Crippen LogP contribution in [0.4, 0.5) is 25.0 Å². The summed E-state index contributed by atoms with van der Waals surface area (Å²) in [6.07, 6.45) is 5.21. The Morgan fingerprint density at radius 2 is 2.11 bits per heavy atom. The number of ether oxygens (including phenoxy) is 1. The number of terminal acetylenes is 1. The van der Waals surface area contributed by atoms with Gasteiger partial charge in [0.2, 0.25) is 5.91 Å². The highest BCUT2D eigenvalue weighted by molar-refractivity contribution is 5.90. The zero-order valence-corrected chi connectivity index (χ0v) is 15.2. The molecule has 3 rings (SSSR count). The molecule has 2 aliphatic heterocycles. The number of rotatable bonds is 5. The molecule has 0 aromatic heterocycles. The van der Waals surface area contributed by atoms with Crippen LogP contribution in [0.5, 0.6) is 0 Å². The van der Waals surface area contributed by atoms with Crippen molar-refractivity contribution in [3.05, 3.63) is 23.8 Å². The summed E-state index contributed by atoms with van der Waals surface area (Å²) in [6.45, 7) is 2.58. The Morgan fingerprint density at radius 1 is 1.39 bits per heavy atom. The number of hydrogen-bond acceptors (Lipinski definition) is 6. The van der Waals surface area contributed by atoms with Crippen molar-refractivity contribution in [2.45, 2.75) is 13.0 Å². The van der Waals surface area contributed by atoms with Gasteiger partial charge in [0.05, 0.1) is 31.9 Å². The topological polar surface area (TPSA) is 77.5 Å². The maximum absolute atomic E-state index is 14.6. The summed E-state index contributed by atoms with van der Waals surface area (Å²) in [4.78, 5) is 25.5. The number of carbonyl (C=O) groups is 2. The fraction of sp³-hybridized carbons (Fsp3) is 0.389. The number of carbonyl (C=O) groups excluding carboxylic acids is 2. The van der Waals surface area contributed by atoms with Gasteiger partial charge in [-0.3, -0.25) is 14.7 Å². The van der Waals surface area contributed by atoms with Crippen molar-refractivity contribution in [1.29, 1.82) is 0 Å². The number of nitrogens with zero attached hydrogens (tertiary/aromatic N) is 4. The average molecular weight is 391 g/mol. The van der Waals surface area contributed by atoms with Gasteiger partial charge in [-0.1, -0.05) is 5.92 Å². The van der Waals surface area contributed by atoms with E-state index in [1.807, 2.05) is 0 Å². The van der Waals surface area contributed by atoms with Crippen LogP contribution in [-0.2, 0) is 9.53 Å². The summed E-state index contributed by atoms with van der Waals surface area (Å²) in [7, 11) is 0. The fourth-order valence-electron chi connectivity index (χ4n) is 2.95. The van der Waals surface area contributed by atoms with Crippen LogP contribution in [0.2, 0.25) is 0 Å². The fourth-order valence-corrected chi connectivity index (χ4v) is 2.95. The van der Waals surface area contributed by atoms with Crippen molar-refractivity contribution in [1.82, 2.24) is 10.3 Å². The van der Waals surface area contributed by atoms with Crippen LogP contribution in [0.3, 0.4) is 0 Å². The van der Waals surface area contributed by atoms with Crippen molar-refractivity contribution in [3.63, 3.8) is 0 Å². The summed E-state index contributed by atoms with van der Waals surface area (Å²) in [5.41, 5.74) is -0.216. The van der Waals surface area contributed by atoms with Crippen LogP contribution in [0.25, 0.3) is 0 Å². The molecule has 0 spiro atoms. The van der Waals surface area contributed by atoms with Gasteiger partial charge >= 0.3 is 6.09 Å². The third-order valence-electron chi connectivity index (χ3n) is 4.28. The molecule has 2 aliphatic rings. The molecule has 0 radical (unpaired) electrons. The Hall–Kier alpha value is -3.35. The Labute approximate surface area is 160 Å². The molecule has 1 aromatic rings. The summed E-state index contributed by atoms with van der Waals surface area (Å²) in [6, 6.07) is 2.14. The first-order valence-corrected chi connectivity index (χ1v) is 8.60. The van der Waals surface area contributed by atoms with E-state index in [1.54, 1.807) is 5.01 Å². The van der Waals surface area contributed by atoms with E-state index >= 15 is 0 Å². The van der Waals surface area contributed by atoms with Crippen LogP contribution in [0, 0.1) is 24.0 Å². The minimum atomic E-state index is -0.829. The number of cyclic esters (lactones) is 1. The second-order valence-corrected chi connectivity index (χ2v) is 6.33. The van der Waals surface area contributed by atoms with Crippen LogP contribution < -0.4 is 15.1 Å². The van der Waals surface area contributed by atoms with Gasteiger partial charge in [-0.2, -0.15) is 5.10 Å². The average Bonchev–Trinajstić information content (AvgIpc) is 3.02. The molecule has 8 nitrogen and oxygen atoms in total. The molecule has 1 aromatic carbocycles. The SMILES string of the molecule is C#CCN1CCN(c2c(F)cc(N3CC(CNC(C)=O)OC3=O)cc2F)C=N1. The van der Waals surface area contributed by atoms with E-state index in [9.17, 15) is 18.4 Å². The molecular formula is C18H19F2N5O3. The summed E-state index contributed by atoms with van der Waals surface area (Å²) in [5, 5.41) is 8.20. The maximum atomic E-state index is 14.6. The van der Waals surface area contributed by atoms with Crippen molar-refractivity contribution in [3.8, 4) is 12.3 Å². The van der Waals surface area contributed by atoms with Gasteiger partial charge in [0.25, 0.3) is 0 Å². The molecule has 1 saturated heterocycles. The Kier molecular flexibility index (Phi) is 5.63. The standard InChI is InChI=1S/C18H19F2N5O3/c1-3-4-24-6-5-23(11-22-24)17-15(19)7-13(8-16(17)20)25-10-14(28-18(25)27)9-21-12(2)26/h1,7-8,11,14H,4-6,9-10H2,2H3,(H,21,26). The lowest BCUT2D eigenvalue weighted by atomic mass is 10.2. The number of amides is 2. The van der Waals surface area contributed by atoms with E-state index in [0.29, 0.717) is 19.6 Å². The highest BCUT2D eigenvalue weighted by atomic mass is 19.1. The number of halogens is 2. The summed E-state index contributed by atoms with van der Waals surface area (Å²) >= 11 is 0. The first-order valence-electron chi connectivity index (χ1n) is 8.60. The largest absolute Gasteiger partial charge is 0.442 e. The summed E-state index contributed by atoms with van der Waals surface area (Å²) < 4.78 is 34.4. The zero-order chi connectivity index (χ0) is 20.3. The highest BCUT2D eigenvalue weighted by Crippen LogP contribution is 2.31. The van der Waals surface area contributed by atoms with Gasteiger partial charge in [0, 0.05) is 25.6 Å². The Bertz CT molecular complexity index is 831. The molecule has 2 heterocycles. The van der Waals surface area contributed by atoms with Crippen LogP contribution >= 0.6 is 0 Å². The first kappa shape index (κ1) is 19.4. The molecule has 1 N–H and O–H groups in total. The third kappa shape index (κ3) is 4.14. The van der Waals surface area contributed by atoms with Crippen molar-refractivity contribution in [2.24, 2.45) is 5.10 Å². The van der Waals surface area contributed by atoms with Crippen molar-refractivity contribution >= 4 is 29.7 Å². The van der Waals surface area contributed by atoms with Gasteiger partial charge in [-0.15, -0.1) is 6.42 Å². The molecular weight excluding hydrogens is 372 g/mol. The normalized spacial score (nSPS) is 18.9. The van der Waals surface area contributed by atoms with Crippen molar-refractivity contribution < 1.29 is 23.1 Å². The van der Waals surface area contributed by atoms with E-state index < -0.39 is 23.8 Å². The summed E-state index contributed by atoms with van der Waals surface area (Å²) in [5.74, 6) is 0.528. The predicted molar refractivity (Wildman–Crippen MR) is 98.9 cm³/mol. The molecule has 148 valence electrons. The molecule has 0 bridgehead atoms. The van der Waals surface area contributed by atoms with E-state index in [1.165, 1.54) is 18.2 Å². The molecule has 0 aliphatic carbocycles. The van der Waals surface area contributed by atoms with E-state index in [0.717, 1.165) is 17.0 Å². The molecule has 1 atom stereocenters. The second kappa shape index (κ2) is 8.12. The lowest BCUT2D eigenvalue weighted by Gasteiger charge is -2.29. The molecule has 1 fully saturated rings. The van der Waals surface area contributed by atoms with Crippen LogP contribution in [0.1, 0.15) is 6.92 Å². The van der Waals surface area contributed by atoms with E-state index in [-0.39, 0.29) is 30.4 Å². The minimum Gasteiger partial charge on any atom is -0.442 e. The van der Waals surface area contributed by atoms with E-state index in [2.05, 4.69) is 16.3 Å². The quantitative estimate of drug-likeness (QED) is 0.762. The van der Waals surface area contributed by atoms with Crippen LogP contribution in [0.15, 0.2) is 17.2 Å². The molecule has 2 amide bonds. The van der Waals surface area contributed by atoms with Gasteiger partial charge in [-0.25, -0.2) is 13.6 Å².